The number of ether oxygens (including phenoxy) is 1. The van der Waals surface area contributed by atoms with Crippen molar-refractivity contribution < 1.29 is 9.53 Å². The fourth-order valence-corrected chi connectivity index (χ4v) is 3.64. The van der Waals surface area contributed by atoms with Crippen molar-refractivity contribution in [3.63, 3.8) is 0 Å². The highest BCUT2D eigenvalue weighted by Gasteiger charge is 2.32. The van der Waals surface area contributed by atoms with Crippen molar-refractivity contribution in [1.82, 2.24) is 10.6 Å². The molecule has 2 N–H and O–H groups in total. The largest absolute Gasteiger partial charge is 0.465 e. The van der Waals surface area contributed by atoms with E-state index in [0.717, 1.165) is 31.1 Å². The molecular formula is C17H24N2O2. The van der Waals surface area contributed by atoms with Crippen molar-refractivity contribution in [2.45, 2.75) is 44.3 Å². The van der Waals surface area contributed by atoms with Crippen LogP contribution in [0.3, 0.4) is 0 Å². The molecule has 0 spiro atoms. The molecule has 1 aromatic rings. The van der Waals surface area contributed by atoms with Gasteiger partial charge in [-0.2, -0.15) is 0 Å². The molecule has 0 amide bonds. The summed E-state index contributed by atoms with van der Waals surface area (Å²) < 4.78 is 4.70. The summed E-state index contributed by atoms with van der Waals surface area (Å²) in [6.45, 7) is 1.95. The standard InChI is InChI=1S/C17H24N2O2/c1-21-17(20)14-4-2-12(3-5-14)10-18-11-13-8-15-6-7-16(9-13)19-15/h2-5,13,15-16,18-19H,6-11H2,1H3. The van der Waals surface area contributed by atoms with Crippen LogP contribution in [-0.2, 0) is 11.3 Å². The number of methoxy groups -OCH3 is 1. The van der Waals surface area contributed by atoms with Crippen molar-refractivity contribution in [1.29, 1.82) is 0 Å². The molecule has 0 aromatic heterocycles. The van der Waals surface area contributed by atoms with Gasteiger partial charge in [0.25, 0.3) is 0 Å². The molecule has 2 atom stereocenters. The lowest BCUT2D eigenvalue weighted by molar-refractivity contribution is 0.0600. The van der Waals surface area contributed by atoms with Gasteiger partial charge in [-0.15, -0.1) is 0 Å². The Balaban J connectivity index is 1.44. The molecule has 3 rings (SSSR count). The van der Waals surface area contributed by atoms with Crippen LogP contribution in [0.1, 0.15) is 41.6 Å². The Hall–Kier alpha value is -1.39. The fraction of sp³-hybridized carbons (Fsp3) is 0.588. The Labute approximate surface area is 126 Å². The highest BCUT2D eigenvalue weighted by molar-refractivity contribution is 5.89. The van der Waals surface area contributed by atoms with Crippen molar-refractivity contribution in [2.24, 2.45) is 5.92 Å². The van der Waals surface area contributed by atoms with E-state index in [1.807, 2.05) is 24.3 Å². The second kappa shape index (κ2) is 6.58. The highest BCUT2D eigenvalue weighted by Crippen LogP contribution is 2.30. The molecule has 2 fully saturated rings. The molecule has 0 aliphatic carbocycles. The topological polar surface area (TPSA) is 50.4 Å². The minimum absolute atomic E-state index is 0.278. The second-order valence-electron chi connectivity index (χ2n) is 6.29. The maximum Gasteiger partial charge on any atom is 0.337 e. The van der Waals surface area contributed by atoms with Gasteiger partial charge in [0.15, 0.2) is 0 Å². The number of carbonyl (C=O) groups excluding carboxylic acids is 1. The van der Waals surface area contributed by atoms with Gasteiger partial charge in [0.2, 0.25) is 0 Å². The molecule has 114 valence electrons. The van der Waals surface area contributed by atoms with E-state index in [-0.39, 0.29) is 5.97 Å². The predicted molar refractivity (Wildman–Crippen MR) is 82.2 cm³/mol. The van der Waals surface area contributed by atoms with E-state index in [9.17, 15) is 4.79 Å². The molecule has 4 nitrogen and oxygen atoms in total. The Morgan fingerprint density at radius 3 is 2.52 bits per heavy atom. The quantitative estimate of drug-likeness (QED) is 0.815. The summed E-state index contributed by atoms with van der Waals surface area (Å²) in [4.78, 5) is 11.4. The van der Waals surface area contributed by atoms with Crippen LogP contribution in [0.2, 0.25) is 0 Å². The fourth-order valence-electron chi connectivity index (χ4n) is 3.64. The van der Waals surface area contributed by atoms with E-state index in [4.69, 9.17) is 4.74 Å². The van der Waals surface area contributed by atoms with E-state index in [1.165, 1.54) is 38.4 Å². The average molecular weight is 288 g/mol. The smallest absolute Gasteiger partial charge is 0.337 e. The van der Waals surface area contributed by atoms with E-state index >= 15 is 0 Å². The third-order valence-corrected chi connectivity index (χ3v) is 4.71. The Bertz CT molecular complexity index is 474. The zero-order chi connectivity index (χ0) is 14.7. The highest BCUT2D eigenvalue weighted by atomic mass is 16.5. The van der Waals surface area contributed by atoms with Gasteiger partial charge >= 0.3 is 5.97 Å². The average Bonchev–Trinajstić information content (AvgIpc) is 2.86. The van der Waals surface area contributed by atoms with Crippen LogP contribution >= 0.6 is 0 Å². The molecule has 1 aromatic carbocycles. The zero-order valence-corrected chi connectivity index (χ0v) is 12.6. The van der Waals surface area contributed by atoms with Gasteiger partial charge in [0.05, 0.1) is 12.7 Å². The second-order valence-corrected chi connectivity index (χ2v) is 6.29. The lowest BCUT2D eigenvalue weighted by Gasteiger charge is -2.29. The lowest BCUT2D eigenvalue weighted by atomic mass is 9.92. The van der Waals surface area contributed by atoms with Gasteiger partial charge in [-0.05, 0) is 55.8 Å². The van der Waals surface area contributed by atoms with Crippen LogP contribution < -0.4 is 10.6 Å². The molecular weight excluding hydrogens is 264 g/mol. The Kier molecular flexibility index (Phi) is 4.56. The summed E-state index contributed by atoms with van der Waals surface area (Å²) in [5.41, 5.74) is 1.82. The summed E-state index contributed by atoms with van der Waals surface area (Å²) in [6.07, 6.45) is 5.34. The zero-order valence-electron chi connectivity index (χ0n) is 12.6. The van der Waals surface area contributed by atoms with Crippen LogP contribution in [0.5, 0.6) is 0 Å². The van der Waals surface area contributed by atoms with E-state index in [2.05, 4.69) is 10.6 Å². The number of hydrogen-bond acceptors (Lipinski definition) is 4. The molecule has 2 saturated heterocycles. The predicted octanol–water partition coefficient (Wildman–Crippen LogP) is 2.09. The van der Waals surface area contributed by atoms with Crippen LogP contribution in [0, 0.1) is 5.92 Å². The molecule has 0 radical (unpaired) electrons. The van der Waals surface area contributed by atoms with Crippen LogP contribution in [0.4, 0.5) is 0 Å². The van der Waals surface area contributed by atoms with Crippen molar-refractivity contribution in [2.75, 3.05) is 13.7 Å². The summed E-state index contributed by atoms with van der Waals surface area (Å²) in [5, 5.41) is 7.24. The summed E-state index contributed by atoms with van der Waals surface area (Å²) in [6, 6.07) is 9.16. The first-order valence-corrected chi connectivity index (χ1v) is 7.88. The first kappa shape index (κ1) is 14.5. The normalized spacial score (nSPS) is 27.6. The van der Waals surface area contributed by atoms with Crippen LogP contribution in [0.25, 0.3) is 0 Å². The monoisotopic (exact) mass is 288 g/mol. The maximum atomic E-state index is 11.4. The van der Waals surface area contributed by atoms with Crippen molar-refractivity contribution in [3.8, 4) is 0 Å². The van der Waals surface area contributed by atoms with Gasteiger partial charge in [-0.1, -0.05) is 12.1 Å². The molecule has 21 heavy (non-hydrogen) atoms. The van der Waals surface area contributed by atoms with E-state index in [1.54, 1.807) is 0 Å². The van der Waals surface area contributed by atoms with Gasteiger partial charge in [0, 0.05) is 18.6 Å². The first-order valence-electron chi connectivity index (χ1n) is 7.88. The van der Waals surface area contributed by atoms with Gasteiger partial charge < -0.3 is 15.4 Å². The molecule has 2 heterocycles. The minimum atomic E-state index is -0.278. The minimum Gasteiger partial charge on any atom is -0.465 e. The first-order chi connectivity index (χ1) is 10.2. The summed E-state index contributed by atoms with van der Waals surface area (Å²) in [7, 11) is 1.41. The van der Waals surface area contributed by atoms with Crippen molar-refractivity contribution in [3.05, 3.63) is 35.4 Å². The number of carbonyl (C=O) groups is 1. The lowest BCUT2D eigenvalue weighted by Crippen LogP contribution is -2.41. The SMILES string of the molecule is COC(=O)c1ccc(CNCC2CC3CCC(C2)N3)cc1. The summed E-state index contributed by atoms with van der Waals surface area (Å²) >= 11 is 0. The van der Waals surface area contributed by atoms with E-state index < -0.39 is 0 Å². The number of rotatable bonds is 5. The van der Waals surface area contributed by atoms with Gasteiger partial charge in [-0.25, -0.2) is 4.79 Å². The van der Waals surface area contributed by atoms with Crippen LogP contribution in [0.15, 0.2) is 24.3 Å². The molecule has 2 aliphatic rings. The number of hydrogen-bond donors (Lipinski definition) is 2. The molecule has 2 unspecified atom stereocenters. The molecule has 2 aliphatic heterocycles. The molecule has 0 saturated carbocycles. The number of benzene rings is 1. The molecule has 4 heteroatoms. The number of fused-ring (bicyclic) bond motifs is 2. The number of esters is 1. The third-order valence-electron chi connectivity index (χ3n) is 4.71. The number of piperidine rings is 1. The Morgan fingerprint density at radius 2 is 1.90 bits per heavy atom. The third kappa shape index (κ3) is 3.63. The summed E-state index contributed by atoms with van der Waals surface area (Å²) in [5.74, 6) is 0.526. The van der Waals surface area contributed by atoms with E-state index in [0.29, 0.717) is 5.56 Å². The maximum absolute atomic E-state index is 11.4. The van der Waals surface area contributed by atoms with Gasteiger partial charge in [-0.3, -0.25) is 0 Å². The number of nitrogens with one attached hydrogen (secondary N) is 2. The Morgan fingerprint density at radius 1 is 1.24 bits per heavy atom. The molecule has 2 bridgehead atoms. The van der Waals surface area contributed by atoms with Gasteiger partial charge in [0.1, 0.15) is 0 Å². The van der Waals surface area contributed by atoms with Crippen molar-refractivity contribution >= 4 is 5.97 Å². The van der Waals surface area contributed by atoms with Crippen LogP contribution in [-0.4, -0.2) is 31.7 Å².